The number of carbonyl (C=O) groups excluding carboxylic acids is 1. The second-order valence-electron chi connectivity index (χ2n) is 8.76. The first-order valence-corrected chi connectivity index (χ1v) is 8.97. The molecule has 2 N–H and O–H groups in total. The maximum absolute atomic E-state index is 12.9. The Morgan fingerprint density at radius 2 is 1.78 bits per heavy atom. The maximum Gasteiger partial charge on any atom is 0.159 e. The van der Waals surface area contributed by atoms with Crippen molar-refractivity contribution in [1.82, 2.24) is 0 Å². The summed E-state index contributed by atoms with van der Waals surface area (Å²) in [6.45, 7) is 4.52. The molecule has 0 aromatic carbocycles. The number of aliphatic hydroxyl groups is 2. The van der Waals surface area contributed by atoms with Crippen molar-refractivity contribution in [3.8, 4) is 0 Å². The predicted molar refractivity (Wildman–Crippen MR) is 84.1 cm³/mol. The van der Waals surface area contributed by atoms with Crippen molar-refractivity contribution in [1.29, 1.82) is 0 Å². The van der Waals surface area contributed by atoms with Crippen LogP contribution in [0, 0.1) is 72.6 Å². The molecule has 23 heavy (non-hydrogen) atoms. The first-order chi connectivity index (χ1) is 10.4. The number of ketones is 1. The van der Waals surface area contributed by atoms with E-state index in [0.717, 1.165) is 38.5 Å². The summed E-state index contributed by atoms with van der Waals surface area (Å²) in [6, 6.07) is 0. The number of carbonyl (C=O) groups is 1. The number of hydrogen-bond donors (Lipinski definition) is 2. The third-order valence-corrected chi connectivity index (χ3v) is 7.87. The molecule has 3 saturated carbocycles. The Bertz CT molecular complexity index is 545. The van der Waals surface area contributed by atoms with Gasteiger partial charge in [-0.3, -0.25) is 4.79 Å². The van der Waals surface area contributed by atoms with Crippen molar-refractivity contribution < 1.29 is 59.1 Å². The molecule has 4 aliphatic carbocycles. The van der Waals surface area contributed by atoms with Crippen LogP contribution in [0.2, 0.25) is 0 Å². The number of allylic oxidation sites excluding steroid dienone is 1. The minimum absolute atomic E-state index is 0. The summed E-state index contributed by atoms with van der Waals surface area (Å²) in [4.78, 5) is 12.9. The van der Waals surface area contributed by atoms with Crippen LogP contribution in [0.25, 0.3) is 0 Å². The summed E-state index contributed by atoms with van der Waals surface area (Å²) in [5, 5.41) is 20.4. The molecule has 125 valence electrons. The summed E-state index contributed by atoms with van der Waals surface area (Å²) in [6.07, 6.45) is 7.83. The van der Waals surface area contributed by atoms with Gasteiger partial charge in [-0.2, -0.15) is 0 Å². The summed E-state index contributed by atoms with van der Waals surface area (Å²) in [5.41, 5.74) is 1.22. The Hall–Kier alpha value is 0.772. The minimum atomic E-state index is -0.272. The van der Waals surface area contributed by atoms with Crippen LogP contribution in [0.3, 0.4) is 0 Å². The van der Waals surface area contributed by atoms with E-state index in [1.54, 1.807) is 0 Å². The van der Waals surface area contributed by atoms with Crippen molar-refractivity contribution in [2.45, 2.75) is 71.0 Å². The van der Waals surface area contributed by atoms with E-state index in [0.29, 0.717) is 18.3 Å². The van der Waals surface area contributed by atoms with Gasteiger partial charge in [0.15, 0.2) is 5.78 Å². The number of aliphatic hydroxyl groups excluding tert-OH is 2. The van der Waals surface area contributed by atoms with Crippen LogP contribution in [0.15, 0.2) is 11.6 Å². The molecular weight excluding hydrogens is 503 g/mol. The van der Waals surface area contributed by atoms with Crippen molar-refractivity contribution >= 4 is 5.78 Å². The van der Waals surface area contributed by atoms with Crippen LogP contribution < -0.4 is 0 Å². The largest absolute Gasteiger partial charge is 0.393 e. The number of fused-ring (bicyclic) bond motifs is 5. The van der Waals surface area contributed by atoms with Gasteiger partial charge in [0.1, 0.15) is 0 Å². The van der Waals surface area contributed by atoms with Crippen molar-refractivity contribution in [2.75, 3.05) is 0 Å². The van der Waals surface area contributed by atoms with Gasteiger partial charge in [-0.1, -0.05) is 19.4 Å². The molecule has 1 radical (unpaired) electrons. The van der Waals surface area contributed by atoms with Crippen LogP contribution in [0.1, 0.15) is 58.8 Å². The Labute approximate surface area is 174 Å². The molecule has 7 unspecified atom stereocenters. The van der Waals surface area contributed by atoms with E-state index in [-0.39, 0.29) is 78.8 Å². The van der Waals surface area contributed by atoms with Gasteiger partial charge in [0.05, 0.1) is 12.2 Å². The SMILES string of the molecule is CC12CCC(O)CC1=CC(=O)C1C2CCC2(C)C(O)CCC12.[Ac]. The molecule has 0 heterocycles. The molecule has 7 atom stereocenters. The van der Waals surface area contributed by atoms with E-state index in [1.807, 2.05) is 6.08 Å². The van der Waals surface area contributed by atoms with Gasteiger partial charge in [-0.15, -0.1) is 0 Å². The maximum atomic E-state index is 12.9. The van der Waals surface area contributed by atoms with E-state index in [4.69, 9.17) is 0 Å². The van der Waals surface area contributed by atoms with Gasteiger partial charge >= 0.3 is 0 Å². The van der Waals surface area contributed by atoms with E-state index in [9.17, 15) is 15.0 Å². The van der Waals surface area contributed by atoms with Crippen LogP contribution in [0.4, 0.5) is 0 Å². The molecule has 0 aromatic rings. The molecule has 0 bridgehead atoms. The van der Waals surface area contributed by atoms with E-state index in [2.05, 4.69) is 13.8 Å². The standard InChI is InChI=1S/C19H28O3.Ac/c1-18-7-5-12(20)9-11(18)10-15(21)17-13-3-4-16(22)19(13,2)8-6-14(17)18;/h10,12-14,16-17,20,22H,3-9H2,1-2H3;. The zero-order chi connectivity index (χ0) is 15.7. The molecular formula is C19H28AcO3. The van der Waals surface area contributed by atoms with Gasteiger partial charge in [0, 0.05) is 50.0 Å². The smallest absolute Gasteiger partial charge is 0.159 e. The molecule has 4 rings (SSSR count). The van der Waals surface area contributed by atoms with Gasteiger partial charge < -0.3 is 10.2 Å². The average molecular weight is 531 g/mol. The van der Waals surface area contributed by atoms with E-state index < -0.39 is 0 Å². The fourth-order valence-electron chi connectivity index (χ4n) is 6.36. The van der Waals surface area contributed by atoms with Crippen LogP contribution in [-0.4, -0.2) is 28.2 Å². The van der Waals surface area contributed by atoms with Crippen molar-refractivity contribution in [3.63, 3.8) is 0 Å². The first kappa shape index (κ1) is 18.6. The van der Waals surface area contributed by atoms with E-state index >= 15 is 0 Å². The molecule has 0 aromatic heterocycles. The molecule has 3 fully saturated rings. The minimum Gasteiger partial charge on any atom is -0.393 e. The summed E-state index contributed by atoms with van der Waals surface area (Å²) < 4.78 is 0. The number of rotatable bonds is 0. The third-order valence-electron chi connectivity index (χ3n) is 7.87. The normalized spacial score (nSPS) is 51.9. The second kappa shape index (κ2) is 6.19. The Morgan fingerprint density at radius 1 is 1.04 bits per heavy atom. The van der Waals surface area contributed by atoms with Crippen LogP contribution in [0.5, 0.6) is 0 Å². The Morgan fingerprint density at radius 3 is 2.52 bits per heavy atom. The third kappa shape index (κ3) is 2.57. The Kier molecular flexibility index (Phi) is 4.99. The zero-order valence-electron chi connectivity index (χ0n) is 14.3. The van der Waals surface area contributed by atoms with Gasteiger partial charge in [-0.25, -0.2) is 0 Å². The van der Waals surface area contributed by atoms with Crippen LogP contribution >= 0.6 is 0 Å². The average Bonchev–Trinajstić information content (AvgIpc) is 2.77. The topological polar surface area (TPSA) is 57.5 Å². The summed E-state index contributed by atoms with van der Waals surface area (Å²) in [7, 11) is 0. The summed E-state index contributed by atoms with van der Waals surface area (Å²) >= 11 is 0. The molecule has 0 aliphatic heterocycles. The van der Waals surface area contributed by atoms with Crippen molar-refractivity contribution in [2.24, 2.45) is 28.6 Å². The van der Waals surface area contributed by atoms with Crippen molar-refractivity contribution in [3.05, 3.63) is 11.6 Å². The fourth-order valence-corrected chi connectivity index (χ4v) is 6.36. The molecule has 3 nitrogen and oxygen atoms in total. The quantitative estimate of drug-likeness (QED) is 0.506. The predicted octanol–water partition coefficient (Wildman–Crippen LogP) is 2.85. The molecule has 4 aliphatic rings. The van der Waals surface area contributed by atoms with Gasteiger partial charge in [0.25, 0.3) is 0 Å². The fraction of sp³-hybridized carbons (Fsp3) is 0.842. The molecule has 4 heteroatoms. The molecule has 0 saturated heterocycles. The van der Waals surface area contributed by atoms with Gasteiger partial charge in [-0.05, 0) is 73.7 Å². The molecule has 0 amide bonds. The van der Waals surface area contributed by atoms with E-state index in [1.165, 1.54) is 5.57 Å². The Balaban J connectivity index is 0.00000156. The van der Waals surface area contributed by atoms with Gasteiger partial charge in [0.2, 0.25) is 0 Å². The zero-order valence-corrected chi connectivity index (χ0v) is 19.0. The first-order valence-electron chi connectivity index (χ1n) is 8.97. The monoisotopic (exact) mass is 531 g/mol. The number of hydrogen-bond acceptors (Lipinski definition) is 3. The molecule has 0 spiro atoms. The second-order valence-corrected chi connectivity index (χ2v) is 8.76. The van der Waals surface area contributed by atoms with Crippen LogP contribution in [-0.2, 0) is 4.79 Å². The summed E-state index contributed by atoms with van der Waals surface area (Å²) in [5.74, 6) is 1.13.